The van der Waals surface area contributed by atoms with Crippen molar-refractivity contribution in [1.82, 2.24) is 15.6 Å². The Labute approximate surface area is 174 Å². The third-order valence-electron chi connectivity index (χ3n) is 5.56. The first-order valence-electron chi connectivity index (χ1n) is 9.44. The second-order valence-corrected chi connectivity index (χ2v) is 8.23. The maximum atomic E-state index is 13.2. The van der Waals surface area contributed by atoms with Gasteiger partial charge in [-0.3, -0.25) is 4.79 Å². The molecule has 0 radical (unpaired) electrons. The van der Waals surface area contributed by atoms with E-state index in [1.807, 2.05) is 0 Å². The zero-order chi connectivity index (χ0) is 18.9. The molecule has 1 saturated heterocycles. The smallest absolute Gasteiger partial charge is 0.252 e. The number of carbonyl (C=O) groups excluding carboxylic acids is 1. The van der Waals surface area contributed by atoms with Gasteiger partial charge in [-0.1, -0.05) is 0 Å². The topological polar surface area (TPSA) is 63.2 Å². The second-order valence-electron chi connectivity index (χ2n) is 7.20. The number of hydrogen-bond donors (Lipinski definition) is 2. The molecule has 8 heteroatoms. The Morgan fingerprint density at radius 3 is 2.71 bits per heavy atom. The summed E-state index contributed by atoms with van der Waals surface area (Å²) < 4.78 is 18.9. The highest BCUT2D eigenvalue weighted by atomic mass is 35.5. The van der Waals surface area contributed by atoms with E-state index in [4.69, 9.17) is 9.72 Å². The van der Waals surface area contributed by atoms with E-state index in [9.17, 15) is 9.18 Å². The highest BCUT2D eigenvalue weighted by Gasteiger charge is 2.41. The molecule has 0 spiro atoms. The fraction of sp³-hybridized carbons (Fsp3) is 0.500. The third kappa shape index (κ3) is 4.08. The van der Waals surface area contributed by atoms with Crippen LogP contribution in [0.5, 0.6) is 0 Å². The average molecular weight is 426 g/mol. The molecule has 1 unspecified atom stereocenters. The number of thiazole rings is 1. The van der Waals surface area contributed by atoms with Gasteiger partial charge in [0.15, 0.2) is 0 Å². The number of ether oxygens (including phenoxy) is 1. The maximum Gasteiger partial charge on any atom is 0.252 e. The molecular weight excluding hydrogens is 401 g/mol. The molecule has 5 nitrogen and oxygen atoms in total. The number of carbonyl (C=O) groups is 1. The fourth-order valence-electron chi connectivity index (χ4n) is 3.92. The summed E-state index contributed by atoms with van der Waals surface area (Å²) >= 11 is 1.60. The van der Waals surface area contributed by atoms with Crippen LogP contribution in [0.15, 0.2) is 24.3 Å². The van der Waals surface area contributed by atoms with Gasteiger partial charge in [0.1, 0.15) is 16.4 Å². The number of hydrogen-bond acceptors (Lipinski definition) is 5. The van der Waals surface area contributed by atoms with E-state index in [2.05, 4.69) is 10.6 Å². The SMILES string of the molecule is COC1(C(=O)NC2CCCc3nc(-c4ccc(F)cc4)sc32)CCNCC1.Cl. The lowest BCUT2D eigenvalue weighted by Gasteiger charge is -2.36. The lowest BCUT2D eigenvalue weighted by atomic mass is 9.89. The first kappa shape index (κ1) is 21.2. The molecule has 0 saturated carbocycles. The van der Waals surface area contributed by atoms with Gasteiger partial charge >= 0.3 is 0 Å². The van der Waals surface area contributed by atoms with Gasteiger partial charge in [0.25, 0.3) is 5.91 Å². The van der Waals surface area contributed by atoms with Crippen LogP contribution >= 0.6 is 23.7 Å². The first-order valence-corrected chi connectivity index (χ1v) is 10.3. The van der Waals surface area contributed by atoms with Gasteiger partial charge in [0.2, 0.25) is 0 Å². The lowest BCUT2D eigenvalue weighted by Crippen LogP contribution is -2.54. The van der Waals surface area contributed by atoms with Gasteiger partial charge in [-0.25, -0.2) is 9.37 Å². The molecule has 0 bridgehead atoms. The molecule has 1 aliphatic carbocycles. The predicted molar refractivity (Wildman–Crippen MR) is 110 cm³/mol. The first-order chi connectivity index (χ1) is 13.1. The van der Waals surface area contributed by atoms with Crippen LogP contribution in [0.25, 0.3) is 10.6 Å². The van der Waals surface area contributed by atoms with E-state index >= 15 is 0 Å². The molecule has 1 aromatic carbocycles. The predicted octanol–water partition coefficient (Wildman–Crippen LogP) is 3.63. The number of nitrogens with one attached hydrogen (secondary N) is 2. The Morgan fingerprint density at radius 1 is 1.32 bits per heavy atom. The van der Waals surface area contributed by atoms with Crippen molar-refractivity contribution in [3.63, 3.8) is 0 Å². The van der Waals surface area contributed by atoms with Crippen molar-refractivity contribution < 1.29 is 13.9 Å². The minimum Gasteiger partial charge on any atom is -0.368 e. The van der Waals surface area contributed by atoms with Crippen LogP contribution < -0.4 is 10.6 Å². The number of rotatable bonds is 4. The number of piperidine rings is 1. The van der Waals surface area contributed by atoms with Crippen molar-refractivity contribution in [3.05, 3.63) is 40.7 Å². The molecule has 1 amide bonds. The number of amides is 1. The van der Waals surface area contributed by atoms with Gasteiger partial charge in [0.05, 0.1) is 16.6 Å². The highest BCUT2D eigenvalue weighted by molar-refractivity contribution is 7.15. The number of fused-ring (bicyclic) bond motifs is 1. The summed E-state index contributed by atoms with van der Waals surface area (Å²) in [5.74, 6) is -0.280. The summed E-state index contributed by atoms with van der Waals surface area (Å²) in [7, 11) is 1.62. The van der Waals surface area contributed by atoms with Crippen molar-refractivity contribution in [2.75, 3.05) is 20.2 Å². The van der Waals surface area contributed by atoms with Crippen molar-refractivity contribution in [3.8, 4) is 10.6 Å². The molecule has 2 aliphatic rings. The van der Waals surface area contributed by atoms with Gasteiger partial charge < -0.3 is 15.4 Å². The highest BCUT2D eigenvalue weighted by Crippen LogP contribution is 2.38. The average Bonchev–Trinajstić information content (AvgIpc) is 3.14. The number of methoxy groups -OCH3 is 1. The molecule has 2 heterocycles. The van der Waals surface area contributed by atoms with Crippen molar-refractivity contribution in [2.45, 2.75) is 43.7 Å². The Morgan fingerprint density at radius 2 is 2.04 bits per heavy atom. The Bertz CT molecular complexity index is 821. The molecule has 4 rings (SSSR count). The largest absolute Gasteiger partial charge is 0.368 e. The zero-order valence-electron chi connectivity index (χ0n) is 15.8. The zero-order valence-corrected chi connectivity index (χ0v) is 17.4. The molecule has 1 aliphatic heterocycles. The number of aryl methyl sites for hydroxylation is 1. The van der Waals surface area contributed by atoms with E-state index in [0.29, 0.717) is 12.8 Å². The molecular formula is C20H25ClFN3O2S. The minimum absolute atomic E-state index is 0. The van der Waals surface area contributed by atoms with Crippen LogP contribution in [0.2, 0.25) is 0 Å². The van der Waals surface area contributed by atoms with Crippen LogP contribution in [-0.4, -0.2) is 36.7 Å². The molecule has 152 valence electrons. The summed E-state index contributed by atoms with van der Waals surface area (Å²) in [5.41, 5.74) is 1.22. The van der Waals surface area contributed by atoms with Crippen molar-refractivity contribution in [1.29, 1.82) is 0 Å². The second kappa shape index (κ2) is 8.86. The van der Waals surface area contributed by atoms with E-state index in [-0.39, 0.29) is 30.2 Å². The summed E-state index contributed by atoms with van der Waals surface area (Å²) in [6, 6.07) is 6.38. The van der Waals surface area contributed by atoms with Gasteiger partial charge in [-0.05, 0) is 69.5 Å². The third-order valence-corrected chi connectivity index (χ3v) is 6.82. The van der Waals surface area contributed by atoms with Crippen molar-refractivity contribution >= 4 is 29.7 Å². The van der Waals surface area contributed by atoms with Gasteiger partial charge in [0, 0.05) is 12.7 Å². The number of benzene rings is 1. The normalized spacial score (nSPS) is 20.7. The summed E-state index contributed by atoms with van der Waals surface area (Å²) in [4.78, 5) is 18.9. The molecule has 1 fully saturated rings. The quantitative estimate of drug-likeness (QED) is 0.785. The molecule has 1 aromatic heterocycles. The number of aromatic nitrogens is 1. The van der Waals surface area contributed by atoms with E-state index in [1.54, 1.807) is 30.6 Å². The monoisotopic (exact) mass is 425 g/mol. The molecule has 2 N–H and O–H groups in total. The van der Waals surface area contributed by atoms with Crippen molar-refractivity contribution in [2.24, 2.45) is 0 Å². The Kier molecular flexibility index (Phi) is 6.70. The van der Waals surface area contributed by atoms with Gasteiger partial charge in [-0.2, -0.15) is 0 Å². The van der Waals surface area contributed by atoms with E-state index in [0.717, 1.165) is 53.5 Å². The Balaban J connectivity index is 0.00000225. The summed E-state index contributed by atoms with van der Waals surface area (Å²) in [5, 5.41) is 7.39. The minimum atomic E-state index is -0.743. The Hall–Kier alpha value is -1.54. The van der Waals surface area contributed by atoms with E-state index in [1.165, 1.54) is 12.1 Å². The van der Waals surface area contributed by atoms with Crippen LogP contribution in [0, 0.1) is 5.82 Å². The van der Waals surface area contributed by atoms with Crippen LogP contribution in [0.4, 0.5) is 4.39 Å². The molecule has 28 heavy (non-hydrogen) atoms. The van der Waals surface area contributed by atoms with Crippen LogP contribution in [0.1, 0.15) is 42.3 Å². The fourth-order valence-corrected chi connectivity index (χ4v) is 5.12. The van der Waals surface area contributed by atoms with E-state index < -0.39 is 5.60 Å². The number of nitrogens with zero attached hydrogens (tertiary/aromatic N) is 1. The number of halogens is 2. The standard InChI is InChI=1S/C20H24FN3O2S.ClH/c1-26-20(9-11-22-12-10-20)19(25)24-16-4-2-3-15-17(16)27-18(23-15)13-5-7-14(21)8-6-13;/h5-8,16,22H,2-4,9-12H2,1H3,(H,24,25);1H. The van der Waals surface area contributed by atoms with Crippen LogP contribution in [0.3, 0.4) is 0 Å². The van der Waals surface area contributed by atoms with Crippen LogP contribution in [-0.2, 0) is 16.0 Å². The maximum absolute atomic E-state index is 13.2. The summed E-state index contributed by atoms with van der Waals surface area (Å²) in [6.07, 6.45) is 4.17. The summed E-state index contributed by atoms with van der Waals surface area (Å²) in [6.45, 7) is 1.57. The molecule has 2 aromatic rings. The van der Waals surface area contributed by atoms with Gasteiger partial charge in [-0.15, -0.1) is 23.7 Å². The lowest BCUT2D eigenvalue weighted by molar-refractivity contribution is -0.147. The molecule has 1 atom stereocenters.